The van der Waals surface area contributed by atoms with E-state index in [0.29, 0.717) is 5.69 Å². The van der Waals surface area contributed by atoms with Crippen LogP contribution < -0.4 is 11.5 Å². The van der Waals surface area contributed by atoms with E-state index in [-0.39, 0.29) is 24.2 Å². The number of phenols is 1. The van der Waals surface area contributed by atoms with Gasteiger partial charge in [-0.25, -0.2) is 0 Å². The maximum Gasteiger partial charge on any atom is 0.143 e. The van der Waals surface area contributed by atoms with Crippen molar-refractivity contribution in [3.05, 3.63) is 23.3 Å². The molecule has 0 saturated carbocycles. The predicted octanol–water partition coefficient (Wildman–Crippen LogP) is 2.50. The van der Waals surface area contributed by atoms with E-state index in [1.165, 1.54) is 0 Å². The Hall–Kier alpha value is -0.930. The zero-order valence-corrected chi connectivity index (χ0v) is 9.97. The van der Waals surface area contributed by atoms with Crippen molar-refractivity contribution >= 4 is 18.1 Å². The standard InChI is InChI=1S/C11H18N2O.ClH/c1-3-4-8(12)10-7(2)5-6-9(13)11(10)14;/h5-6,8,14H,3-4,12-13H2,1-2H3;1H/t8-;/m1./s1. The third kappa shape index (κ3) is 3.01. The van der Waals surface area contributed by atoms with Crippen LogP contribution >= 0.6 is 12.4 Å². The summed E-state index contributed by atoms with van der Waals surface area (Å²) in [7, 11) is 0. The number of anilines is 1. The second-order valence-electron chi connectivity index (χ2n) is 3.63. The normalized spacial score (nSPS) is 11.9. The lowest BCUT2D eigenvalue weighted by atomic mass is 9.96. The molecular weight excluding hydrogens is 212 g/mol. The average molecular weight is 231 g/mol. The molecule has 1 aromatic carbocycles. The molecule has 5 N–H and O–H groups in total. The van der Waals surface area contributed by atoms with Gasteiger partial charge in [0.25, 0.3) is 0 Å². The monoisotopic (exact) mass is 230 g/mol. The summed E-state index contributed by atoms with van der Waals surface area (Å²) in [6.45, 7) is 4.00. The van der Waals surface area contributed by atoms with Crippen LogP contribution in [0.5, 0.6) is 5.75 Å². The number of aryl methyl sites for hydroxylation is 1. The molecule has 0 fully saturated rings. The number of phenolic OH excluding ortho intramolecular Hbond substituents is 1. The Morgan fingerprint density at radius 2 is 2.00 bits per heavy atom. The van der Waals surface area contributed by atoms with Crippen molar-refractivity contribution in [1.82, 2.24) is 0 Å². The largest absolute Gasteiger partial charge is 0.505 e. The lowest BCUT2D eigenvalue weighted by Gasteiger charge is -2.16. The maximum atomic E-state index is 9.77. The van der Waals surface area contributed by atoms with Crippen LogP contribution in [-0.4, -0.2) is 5.11 Å². The van der Waals surface area contributed by atoms with Gasteiger partial charge in [0, 0.05) is 11.6 Å². The van der Waals surface area contributed by atoms with E-state index in [1.807, 2.05) is 13.0 Å². The fourth-order valence-corrected chi connectivity index (χ4v) is 1.65. The lowest BCUT2D eigenvalue weighted by molar-refractivity contribution is 0.459. The molecule has 15 heavy (non-hydrogen) atoms. The van der Waals surface area contributed by atoms with Crippen molar-refractivity contribution in [2.45, 2.75) is 32.7 Å². The summed E-state index contributed by atoms with van der Waals surface area (Å²) in [6.07, 6.45) is 1.85. The summed E-state index contributed by atoms with van der Waals surface area (Å²) in [5.41, 5.74) is 13.8. The molecule has 0 heterocycles. The third-order valence-corrected chi connectivity index (χ3v) is 2.44. The molecule has 0 spiro atoms. The molecule has 0 aromatic heterocycles. The number of hydrogen-bond donors (Lipinski definition) is 3. The molecule has 4 heteroatoms. The molecule has 1 rings (SSSR count). The summed E-state index contributed by atoms with van der Waals surface area (Å²) in [5.74, 6) is 0.144. The van der Waals surface area contributed by atoms with Crippen LogP contribution in [0.3, 0.4) is 0 Å². The van der Waals surface area contributed by atoms with E-state index in [9.17, 15) is 5.11 Å². The highest BCUT2D eigenvalue weighted by atomic mass is 35.5. The minimum Gasteiger partial charge on any atom is -0.505 e. The molecule has 0 aliphatic carbocycles. The summed E-state index contributed by atoms with van der Waals surface area (Å²) >= 11 is 0. The van der Waals surface area contributed by atoms with Crippen LogP contribution in [0.4, 0.5) is 5.69 Å². The Morgan fingerprint density at radius 3 is 2.53 bits per heavy atom. The Morgan fingerprint density at radius 1 is 1.40 bits per heavy atom. The quantitative estimate of drug-likeness (QED) is 0.552. The van der Waals surface area contributed by atoms with E-state index in [2.05, 4.69) is 6.92 Å². The molecule has 0 bridgehead atoms. The highest BCUT2D eigenvalue weighted by Gasteiger charge is 2.14. The first-order chi connectivity index (χ1) is 6.57. The van der Waals surface area contributed by atoms with E-state index >= 15 is 0 Å². The van der Waals surface area contributed by atoms with E-state index in [4.69, 9.17) is 11.5 Å². The molecular formula is C11H19ClN2O. The Kier molecular flexibility index (Phi) is 5.47. The van der Waals surface area contributed by atoms with Crippen LogP contribution in [0, 0.1) is 6.92 Å². The average Bonchev–Trinajstić information content (AvgIpc) is 2.13. The lowest BCUT2D eigenvalue weighted by Crippen LogP contribution is -2.12. The van der Waals surface area contributed by atoms with Gasteiger partial charge in [0.2, 0.25) is 0 Å². The van der Waals surface area contributed by atoms with Crippen LogP contribution in [-0.2, 0) is 0 Å². The maximum absolute atomic E-state index is 9.77. The first-order valence-electron chi connectivity index (χ1n) is 4.91. The Balaban J connectivity index is 0.00000196. The van der Waals surface area contributed by atoms with E-state index in [0.717, 1.165) is 24.0 Å². The Labute approximate surface area is 96.9 Å². The zero-order valence-electron chi connectivity index (χ0n) is 9.16. The number of hydrogen-bond acceptors (Lipinski definition) is 3. The van der Waals surface area contributed by atoms with Gasteiger partial charge in [-0.15, -0.1) is 12.4 Å². The number of nitrogens with two attached hydrogens (primary N) is 2. The minimum atomic E-state index is -0.122. The van der Waals surface area contributed by atoms with E-state index in [1.54, 1.807) is 6.07 Å². The number of aromatic hydroxyl groups is 1. The van der Waals surface area contributed by atoms with Gasteiger partial charge in [0.05, 0.1) is 5.69 Å². The summed E-state index contributed by atoms with van der Waals surface area (Å²) < 4.78 is 0. The van der Waals surface area contributed by atoms with Gasteiger partial charge in [-0.1, -0.05) is 19.4 Å². The molecule has 0 amide bonds. The van der Waals surface area contributed by atoms with Crippen LogP contribution in [0.2, 0.25) is 0 Å². The van der Waals surface area contributed by atoms with Gasteiger partial charge in [-0.2, -0.15) is 0 Å². The second kappa shape index (κ2) is 5.83. The summed E-state index contributed by atoms with van der Waals surface area (Å²) in [6, 6.07) is 3.47. The second-order valence-corrected chi connectivity index (χ2v) is 3.63. The number of benzene rings is 1. The summed E-state index contributed by atoms with van der Waals surface area (Å²) in [5, 5.41) is 9.77. The van der Waals surface area contributed by atoms with Crippen LogP contribution in [0.1, 0.15) is 36.9 Å². The van der Waals surface area contributed by atoms with Crippen molar-refractivity contribution in [3.8, 4) is 5.75 Å². The van der Waals surface area contributed by atoms with Gasteiger partial charge in [-0.3, -0.25) is 0 Å². The third-order valence-electron chi connectivity index (χ3n) is 2.44. The Bertz CT molecular complexity index is 329. The number of halogens is 1. The van der Waals surface area contributed by atoms with Gasteiger partial charge >= 0.3 is 0 Å². The van der Waals surface area contributed by atoms with Gasteiger partial charge < -0.3 is 16.6 Å². The fourth-order valence-electron chi connectivity index (χ4n) is 1.65. The first-order valence-corrected chi connectivity index (χ1v) is 4.91. The van der Waals surface area contributed by atoms with Crippen molar-refractivity contribution in [2.24, 2.45) is 5.73 Å². The molecule has 86 valence electrons. The van der Waals surface area contributed by atoms with Crippen molar-refractivity contribution in [3.63, 3.8) is 0 Å². The smallest absolute Gasteiger partial charge is 0.143 e. The highest BCUT2D eigenvalue weighted by molar-refractivity contribution is 5.85. The topological polar surface area (TPSA) is 72.3 Å². The molecule has 0 saturated heterocycles. The van der Waals surface area contributed by atoms with Crippen molar-refractivity contribution < 1.29 is 5.11 Å². The SMILES string of the molecule is CCC[C@@H](N)c1c(C)ccc(N)c1O.Cl. The van der Waals surface area contributed by atoms with Crippen LogP contribution in [0.25, 0.3) is 0 Å². The minimum absolute atomic E-state index is 0. The first kappa shape index (κ1) is 14.1. The van der Waals surface area contributed by atoms with Gasteiger partial charge in [-0.05, 0) is 25.0 Å². The number of nitrogen functional groups attached to an aromatic ring is 1. The predicted molar refractivity (Wildman–Crippen MR) is 66.3 cm³/mol. The molecule has 0 radical (unpaired) electrons. The van der Waals surface area contributed by atoms with Gasteiger partial charge in [0.15, 0.2) is 0 Å². The fraction of sp³-hybridized carbons (Fsp3) is 0.455. The van der Waals surface area contributed by atoms with Gasteiger partial charge in [0.1, 0.15) is 5.75 Å². The van der Waals surface area contributed by atoms with E-state index < -0.39 is 0 Å². The molecule has 0 unspecified atom stereocenters. The molecule has 0 aliphatic rings. The van der Waals surface area contributed by atoms with Crippen molar-refractivity contribution in [2.75, 3.05) is 5.73 Å². The molecule has 0 aliphatic heterocycles. The molecule has 3 nitrogen and oxygen atoms in total. The molecule has 1 atom stereocenters. The van der Waals surface area contributed by atoms with Crippen LogP contribution in [0.15, 0.2) is 12.1 Å². The summed E-state index contributed by atoms with van der Waals surface area (Å²) in [4.78, 5) is 0. The zero-order chi connectivity index (χ0) is 10.7. The molecule has 1 aromatic rings. The van der Waals surface area contributed by atoms with Crippen molar-refractivity contribution in [1.29, 1.82) is 0 Å². The highest BCUT2D eigenvalue weighted by Crippen LogP contribution is 2.33. The number of rotatable bonds is 3.